The van der Waals surface area contributed by atoms with Gasteiger partial charge in [0.05, 0.1) is 0 Å². The second-order valence-electron chi connectivity index (χ2n) is 6.16. The number of hydrogen-bond donors (Lipinski definition) is 0. The highest BCUT2D eigenvalue weighted by atomic mass is 16.2. The van der Waals surface area contributed by atoms with Gasteiger partial charge in [0.15, 0.2) is 0 Å². The molecule has 0 aromatic rings. The maximum Gasteiger partial charge on any atom is 0.312 e. The number of carbonyl (C=O) groups is 2. The molecule has 0 bridgehead atoms. The Bertz CT molecular complexity index is 379. The van der Waals surface area contributed by atoms with Crippen LogP contribution in [0.25, 0.3) is 0 Å². The van der Waals surface area contributed by atoms with E-state index in [9.17, 15) is 9.59 Å². The van der Waals surface area contributed by atoms with Crippen molar-refractivity contribution in [3.63, 3.8) is 0 Å². The van der Waals surface area contributed by atoms with Gasteiger partial charge in [-0.3, -0.25) is 9.59 Å². The van der Waals surface area contributed by atoms with Crippen molar-refractivity contribution in [1.82, 2.24) is 14.7 Å². The molecule has 19 heavy (non-hydrogen) atoms. The minimum absolute atomic E-state index is 0.260. The Kier molecular flexibility index (Phi) is 3.48. The fourth-order valence-corrected chi connectivity index (χ4v) is 3.73. The minimum Gasteiger partial charge on any atom is -0.334 e. The molecule has 2 unspecified atom stereocenters. The van der Waals surface area contributed by atoms with E-state index in [0.717, 1.165) is 58.4 Å². The normalized spacial score (nSPS) is 31.6. The number of amides is 2. The third-order valence-electron chi connectivity index (χ3n) is 4.90. The molecule has 3 rings (SSSR count). The van der Waals surface area contributed by atoms with Crippen LogP contribution in [0.15, 0.2) is 0 Å². The first kappa shape index (κ1) is 12.9. The van der Waals surface area contributed by atoms with Crippen LogP contribution in [0, 0.1) is 5.92 Å². The molecule has 3 fully saturated rings. The zero-order valence-corrected chi connectivity index (χ0v) is 11.7. The Morgan fingerprint density at radius 2 is 1.63 bits per heavy atom. The second kappa shape index (κ2) is 5.12. The molecule has 0 aliphatic carbocycles. The van der Waals surface area contributed by atoms with Crippen LogP contribution in [0.3, 0.4) is 0 Å². The van der Waals surface area contributed by atoms with Crippen LogP contribution in [0.1, 0.15) is 25.7 Å². The molecule has 5 heteroatoms. The van der Waals surface area contributed by atoms with Gasteiger partial charge in [0.25, 0.3) is 0 Å². The van der Waals surface area contributed by atoms with E-state index in [-0.39, 0.29) is 17.9 Å². The van der Waals surface area contributed by atoms with Gasteiger partial charge in [0.1, 0.15) is 0 Å². The van der Waals surface area contributed by atoms with Gasteiger partial charge in [-0.25, -0.2) is 0 Å². The molecule has 0 aromatic heterocycles. The van der Waals surface area contributed by atoms with E-state index in [4.69, 9.17) is 0 Å². The maximum atomic E-state index is 12.4. The zero-order valence-electron chi connectivity index (χ0n) is 11.7. The smallest absolute Gasteiger partial charge is 0.312 e. The molecule has 5 nitrogen and oxygen atoms in total. The van der Waals surface area contributed by atoms with Crippen molar-refractivity contribution in [2.75, 3.05) is 39.8 Å². The van der Waals surface area contributed by atoms with Crippen molar-refractivity contribution in [3.05, 3.63) is 0 Å². The molecule has 3 saturated heterocycles. The van der Waals surface area contributed by atoms with E-state index in [1.165, 1.54) is 0 Å². The molecule has 2 amide bonds. The number of fused-ring (bicyclic) bond motifs is 1. The number of carbonyl (C=O) groups excluding carboxylic acids is 2. The summed E-state index contributed by atoms with van der Waals surface area (Å²) in [7, 11) is 2.10. The first-order chi connectivity index (χ1) is 9.16. The van der Waals surface area contributed by atoms with Gasteiger partial charge in [-0.2, -0.15) is 0 Å². The average Bonchev–Trinajstić information content (AvgIpc) is 3.05. The van der Waals surface area contributed by atoms with Gasteiger partial charge in [-0.1, -0.05) is 0 Å². The van der Waals surface area contributed by atoms with Crippen LogP contribution in [-0.4, -0.2) is 72.3 Å². The second-order valence-corrected chi connectivity index (χ2v) is 6.16. The van der Waals surface area contributed by atoms with E-state index in [2.05, 4.69) is 11.9 Å². The van der Waals surface area contributed by atoms with E-state index < -0.39 is 0 Å². The van der Waals surface area contributed by atoms with Crippen molar-refractivity contribution in [3.8, 4) is 0 Å². The zero-order chi connectivity index (χ0) is 13.4. The minimum atomic E-state index is -0.272. The molecule has 2 atom stereocenters. The van der Waals surface area contributed by atoms with Crippen LogP contribution in [0.4, 0.5) is 0 Å². The van der Waals surface area contributed by atoms with Crippen molar-refractivity contribution >= 4 is 11.8 Å². The fraction of sp³-hybridized carbons (Fsp3) is 0.857. The first-order valence-electron chi connectivity index (χ1n) is 7.45. The standard InChI is InChI=1S/C14H23N3O2/c1-15-8-4-11-5-9-17(12(11)10-15)14(19)13(18)16-6-2-3-7-16/h11-12H,2-10H2,1H3. The highest BCUT2D eigenvalue weighted by Gasteiger charge is 2.42. The molecule has 0 radical (unpaired) electrons. The number of likely N-dealkylation sites (N-methyl/N-ethyl adjacent to an activating group) is 1. The Balaban J connectivity index is 1.67. The number of rotatable bonds is 0. The summed E-state index contributed by atoms with van der Waals surface area (Å²) < 4.78 is 0. The summed E-state index contributed by atoms with van der Waals surface area (Å²) in [5, 5.41) is 0. The Morgan fingerprint density at radius 1 is 0.947 bits per heavy atom. The average molecular weight is 265 g/mol. The Hall–Kier alpha value is -1.10. The van der Waals surface area contributed by atoms with Gasteiger partial charge in [0.2, 0.25) is 0 Å². The van der Waals surface area contributed by atoms with Gasteiger partial charge < -0.3 is 14.7 Å². The van der Waals surface area contributed by atoms with Crippen molar-refractivity contribution in [1.29, 1.82) is 0 Å². The fourth-order valence-electron chi connectivity index (χ4n) is 3.73. The Morgan fingerprint density at radius 3 is 2.37 bits per heavy atom. The summed E-state index contributed by atoms with van der Waals surface area (Å²) in [6.07, 6.45) is 4.29. The summed E-state index contributed by atoms with van der Waals surface area (Å²) in [5.74, 6) is 0.0719. The molecule has 0 saturated carbocycles. The van der Waals surface area contributed by atoms with Crippen LogP contribution in [-0.2, 0) is 9.59 Å². The topological polar surface area (TPSA) is 43.9 Å². The van der Waals surface area contributed by atoms with Crippen LogP contribution < -0.4 is 0 Å². The van der Waals surface area contributed by atoms with Crippen LogP contribution >= 0.6 is 0 Å². The highest BCUT2D eigenvalue weighted by Crippen LogP contribution is 2.31. The number of likely N-dealkylation sites (tertiary alicyclic amines) is 3. The number of nitrogens with zero attached hydrogens (tertiary/aromatic N) is 3. The van der Waals surface area contributed by atoms with E-state index >= 15 is 0 Å². The lowest BCUT2D eigenvalue weighted by molar-refractivity contribution is -0.152. The van der Waals surface area contributed by atoms with Crippen molar-refractivity contribution in [2.24, 2.45) is 5.92 Å². The molecule has 0 aromatic carbocycles. The molecule has 0 spiro atoms. The van der Waals surface area contributed by atoms with Gasteiger partial charge in [-0.15, -0.1) is 0 Å². The summed E-state index contributed by atoms with van der Waals surface area (Å²) in [6, 6.07) is 0.262. The van der Waals surface area contributed by atoms with E-state index in [1.807, 2.05) is 4.90 Å². The molecule has 106 valence electrons. The molecule has 0 N–H and O–H groups in total. The monoisotopic (exact) mass is 265 g/mol. The third kappa shape index (κ3) is 2.36. The molecular weight excluding hydrogens is 242 g/mol. The van der Waals surface area contributed by atoms with E-state index in [1.54, 1.807) is 4.90 Å². The van der Waals surface area contributed by atoms with Crippen LogP contribution in [0.2, 0.25) is 0 Å². The predicted molar refractivity (Wildman–Crippen MR) is 71.5 cm³/mol. The lowest BCUT2D eigenvalue weighted by atomic mass is 9.92. The first-order valence-corrected chi connectivity index (χ1v) is 7.45. The Labute approximate surface area is 114 Å². The number of piperidine rings is 1. The molecule has 3 heterocycles. The lowest BCUT2D eigenvalue weighted by Gasteiger charge is -2.36. The van der Waals surface area contributed by atoms with Gasteiger partial charge in [-0.05, 0) is 45.2 Å². The summed E-state index contributed by atoms with van der Waals surface area (Å²) in [4.78, 5) is 30.5. The molecule has 3 aliphatic rings. The molecular formula is C14H23N3O2. The van der Waals surface area contributed by atoms with Crippen molar-refractivity contribution in [2.45, 2.75) is 31.7 Å². The largest absolute Gasteiger partial charge is 0.334 e. The predicted octanol–water partition coefficient (Wildman–Crippen LogP) is 0.161. The summed E-state index contributed by atoms with van der Waals surface area (Å²) in [6.45, 7) is 4.31. The van der Waals surface area contributed by atoms with Gasteiger partial charge in [0, 0.05) is 32.2 Å². The van der Waals surface area contributed by atoms with Crippen LogP contribution in [0.5, 0.6) is 0 Å². The maximum absolute atomic E-state index is 12.4. The van der Waals surface area contributed by atoms with Gasteiger partial charge >= 0.3 is 11.8 Å². The highest BCUT2D eigenvalue weighted by molar-refractivity contribution is 6.35. The summed E-state index contributed by atoms with van der Waals surface area (Å²) >= 11 is 0. The number of hydrogen-bond acceptors (Lipinski definition) is 3. The van der Waals surface area contributed by atoms with E-state index in [0.29, 0.717) is 5.92 Å². The SMILES string of the molecule is CN1CCC2CCN(C(=O)C(=O)N3CCCC3)C2C1. The quantitative estimate of drug-likeness (QED) is 0.586. The van der Waals surface area contributed by atoms with Crippen molar-refractivity contribution < 1.29 is 9.59 Å². The third-order valence-corrected chi connectivity index (χ3v) is 4.90. The molecule has 3 aliphatic heterocycles. The summed E-state index contributed by atoms with van der Waals surface area (Å²) in [5.41, 5.74) is 0. The lowest BCUT2D eigenvalue weighted by Crippen LogP contribution is -2.52.